The molecule has 1 N–H and O–H groups in total. The molecule has 110 valence electrons. The number of fused-ring (bicyclic) bond motifs is 1. The summed E-state index contributed by atoms with van der Waals surface area (Å²) in [5.74, 6) is 2.68. The first-order valence-corrected chi connectivity index (χ1v) is 7.89. The maximum Gasteiger partial charge on any atom is 0.231 e. The van der Waals surface area contributed by atoms with Gasteiger partial charge in [0, 0.05) is 24.7 Å². The summed E-state index contributed by atoms with van der Waals surface area (Å²) in [5.41, 5.74) is 1.21. The van der Waals surface area contributed by atoms with Gasteiger partial charge in [0.2, 0.25) is 6.79 Å². The summed E-state index contributed by atoms with van der Waals surface area (Å²) in [5, 5.41) is 4.27. The Bertz CT molecular complexity index is 580. The lowest BCUT2D eigenvalue weighted by molar-refractivity contribution is 0.174. The number of ether oxygens (including phenoxy) is 2. The quantitative estimate of drug-likeness (QED) is 0.482. The maximum atomic E-state index is 5.37. The van der Waals surface area contributed by atoms with Crippen molar-refractivity contribution in [2.24, 2.45) is 0 Å². The van der Waals surface area contributed by atoms with E-state index < -0.39 is 0 Å². The van der Waals surface area contributed by atoms with Crippen molar-refractivity contribution >= 4 is 11.8 Å². The fourth-order valence-electron chi connectivity index (χ4n) is 2.00. The fourth-order valence-corrected chi connectivity index (χ4v) is 2.75. The molecule has 0 radical (unpaired) electrons. The number of rotatable bonds is 7. The zero-order chi connectivity index (χ0) is 14.3. The Balaban J connectivity index is 1.33. The average Bonchev–Trinajstić information content (AvgIpc) is 2.99. The van der Waals surface area contributed by atoms with Gasteiger partial charge in [-0.15, -0.1) is 0 Å². The zero-order valence-electron chi connectivity index (χ0n) is 11.6. The second-order valence-corrected chi connectivity index (χ2v) is 5.66. The molecule has 1 aromatic carbocycles. The molecule has 2 aromatic rings. The minimum absolute atomic E-state index is 0.324. The van der Waals surface area contributed by atoms with E-state index in [-0.39, 0.29) is 0 Å². The van der Waals surface area contributed by atoms with Gasteiger partial charge < -0.3 is 14.8 Å². The highest BCUT2D eigenvalue weighted by Crippen LogP contribution is 2.32. The highest BCUT2D eigenvalue weighted by Gasteiger charge is 2.12. The summed E-state index contributed by atoms with van der Waals surface area (Å²) < 4.78 is 10.7. The Kier molecular flexibility index (Phi) is 4.91. The normalized spacial score (nSPS) is 12.6. The van der Waals surface area contributed by atoms with Gasteiger partial charge in [-0.05, 0) is 36.7 Å². The molecule has 21 heavy (non-hydrogen) atoms. The lowest BCUT2D eigenvalue weighted by Crippen LogP contribution is -2.15. The van der Waals surface area contributed by atoms with Crippen LogP contribution in [0.1, 0.15) is 12.0 Å². The van der Waals surface area contributed by atoms with Crippen LogP contribution in [-0.4, -0.2) is 29.1 Å². The highest BCUT2D eigenvalue weighted by atomic mass is 32.2. The topological polar surface area (TPSA) is 56.3 Å². The number of nitrogens with zero attached hydrogens (tertiary/aromatic N) is 2. The Morgan fingerprint density at radius 1 is 1.14 bits per heavy atom. The van der Waals surface area contributed by atoms with E-state index in [1.54, 1.807) is 24.2 Å². The second kappa shape index (κ2) is 7.28. The van der Waals surface area contributed by atoms with Crippen molar-refractivity contribution < 1.29 is 9.47 Å². The van der Waals surface area contributed by atoms with E-state index in [1.165, 1.54) is 5.56 Å². The van der Waals surface area contributed by atoms with E-state index in [2.05, 4.69) is 21.4 Å². The molecule has 0 aliphatic carbocycles. The Morgan fingerprint density at radius 3 is 2.90 bits per heavy atom. The summed E-state index contributed by atoms with van der Waals surface area (Å²) in [4.78, 5) is 8.37. The molecule has 0 saturated carbocycles. The van der Waals surface area contributed by atoms with Gasteiger partial charge in [0.25, 0.3) is 0 Å². The van der Waals surface area contributed by atoms with Crippen molar-refractivity contribution in [2.75, 3.05) is 19.1 Å². The lowest BCUT2D eigenvalue weighted by atomic mass is 10.2. The third kappa shape index (κ3) is 4.09. The molecule has 0 spiro atoms. The lowest BCUT2D eigenvalue weighted by Gasteiger charge is -2.05. The second-order valence-electron chi connectivity index (χ2n) is 4.60. The van der Waals surface area contributed by atoms with Gasteiger partial charge in [-0.1, -0.05) is 17.8 Å². The number of hydrogen-bond acceptors (Lipinski definition) is 6. The van der Waals surface area contributed by atoms with E-state index in [9.17, 15) is 0 Å². The molecule has 2 heterocycles. The maximum absolute atomic E-state index is 5.37. The van der Waals surface area contributed by atoms with Gasteiger partial charge >= 0.3 is 0 Å². The summed E-state index contributed by atoms with van der Waals surface area (Å²) >= 11 is 1.68. The molecule has 1 aromatic heterocycles. The summed E-state index contributed by atoms with van der Waals surface area (Å²) in [6.45, 7) is 2.13. The molecule has 3 rings (SSSR count). The van der Waals surface area contributed by atoms with E-state index in [0.717, 1.165) is 41.9 Å². The van der Waals surface area contributed by atoms with Gasteiger partial charge in [0.05, 0.1) is 0 Å². The molecule has 0 amide bonds. The van der Waals surface area contributed by atoms with Gasteiger partial charge in [-0.2, -0.15) is 0 Å². The van der Waals surface area contributed by atoms with Crippen molar-refractivity contribution in [1.29, 1.82) is 0 Å². The van der Waals surface area contributed by atoms with Crippen LogP contribution in [0.3, 0.4) is 0 Å². The molecule has 0 saturated heterocycles. The summed E-state index contributed by atoms with van der Waals surface area (Å²) in [6.07, 6.45) is 4.62. The Hall–Kier alpha value is -1.79. The Morgan fingerprint density at radius 2 is 2.00 bits per heavy atom. The van der Waals surface area contributed by atoms with Gasteiger partial charge in [-0.25, -0.2) is 9.97 Å². The Labute approximate surface area is 128 Å². The van der Waals surface area contributed by atoms with Gasteiger partial charge in [0.15, 0.2) is 16.7 Å². The zero-order valence-corrected chi connectivity index (χ0v) is 12.4. The van der Waals surface area contributed by atoms with E-state index in [4.69, 9.17) is 9.47 Å². The highest BCUT2D eigenvalue weighted by molar-refractivity contribution is 7.99. The fraction of sp³-hybridized carbons (Fsp3) is 0.333. The minimum Gasteiger partial charge on any atom is -0.454 e. The van der Waals surface area contributed by atoms with E-state index in [0.29, 0.717) is 6.79 Å². The van der Waals surface area contributed by atoms with Crippen LogP contribution in [-0.2, 0) is 6.54 Å². The van der Waals surface area contributed by atoms with Gasteiger partial charge in [-0.3, -0.25) is 0 Å². The minimum atomic E-state index is 0.324. The number of nitrogens with one attached hydrogen (secondary N) is 1. The summed E-state index contributed by atoms with van der Waals surface area (Å²) in [7, 11) is 0. The first-order valence-electron chi connectivity index (χ1n) is 6.91. The van der Waals surface area contributed by atoms with Crippen molar-refractivity contribution in [1.82, 2.24) is 15.3 Å². The molecule has 5 nitrogen and oxygen atoms in total. The van der Waals surface area contributed by atoms with Crippen LogP contribution in [0, 0.1) is 0 Å². The van der Waals surface area contributed by atoms with Crippen LogP contribution in [0.25, 0.3) is 0 Å². The third-order valence-electron chi connectivity index (χ3n) is 3.04. The standard InChI is InChI=1S/C15H17N3O2S/c1-6-17-15(18-7-1)21-8-2-5-16-10-12-3-4-13-14(9-12)20-11-19-13/h1,3-4,6-7,9,16H,2,5,8,10-11H2. The monoisotopic (exact) mass is 303 g/mol. The predicted octanol–water partition coefficient (Wildman–Crippen LogP) is 2.48. The van der Waals surface area contributed by atoms with Crippen LogP contribution in [0.2, 0.25) is 0 Å². The first-order chi connectivity index (χ1) is 10.4. The number of thioether (sulfide) groups is 1. The molecule has 0 atom stereocenters. The van der Waals surface area contributed by atoms with Crippen LogP contribution < -0.4 is 14.8 Å². The number of aromatic nitrogens is 2. The van der Waals surface area contributed by atoms with Crippen LogP contribution >= 0.6 is 11.8 Å². The summed E-state index contributed by atoms with van der Waals surface area (Å²) in [6, 6.07) is 7.88. The van der Waals surface area contributed by atoms with Crippen molar-refractivity contribution in [3.8, 4) is 11.5 Å². The van der Waals surface area contributed by atoms with Crippen molar-refractivity contribution in [3.63, 3.8) is 0 Å². The van der Waals surface area contributed by atoms with Crippen LogP contribution in [0.5, 0.6) is 11.5 Å². The third-order valence-corrected chi connectivity index (χ3v) is 4.00. The molecule has 1 aliphatic heterocycles. The van der Waals surface area contributed by atoms with Crippen LogP contribution in [0.15, 0.2) is 41.8 Å². The first kappa shape index (κ1) is 14.2. The van der Waals surface area contributed by atoms with E-state index >= 15 is 0 Å². The molecule has 1 aliphatic rings. The molecular formula is C15H17N3O2S. The van der Waals surface area contributed by atoms with Crippen molar-refractivity contribution in [2.45, 2.75) is 18.1 Å². The van der Waals surface area contributed by atoms with Gasteiger partial charge in [0.1, 0.15) is 0 Å². The molecule has 6 heteroatoms. The smallest absolute Gasteiger partial charge is 0.231 e. The van der Waals surface area contributed by atoms with Crippen molar-refractivity contribution in [3.05, 3.63) is 42.2 Å². The largest absolute Gasteiger partial charge is 0.454 e. The molecule has 0 fully saturated rings. The molecule has 0 bridgehead atoms. The SMILES string of the molecule is c1cnc(SCCCNCc2ccc3c(c2)OCO3)nc1. The average molecular weight is 303 g/mol. The molecular weight excluding hydrogens is 286 g/mol. The molecule has 0 unspecified atom stereocenters. The predicted molar refractivity (Wildman–Crippen MR) is 81.6 cm³/mol. The van der Waals surface area contributed by atoms with E-state index in [1.807, 2.05) is 18.2 Å². The number of benzene rings is 1. The number of hydrogen-bond donors (Lipinski definition) is 1. The van der Waals surface area contributed by atoms with Crippen LogP contribution in [0.4, 0.5) is 0 Å².